The van der Waals surface area contributed by atoms with Crippen LogP contribution in [0.2, 0.25) is 0 Å². The summed E-state index contributed by atoms with van der Waals surface area (Å²) in [7, 11) is 0. The quantitative estimate of drug-likeness (QED) is 0.864. The first-order valence-electron chi connectivity index (χ1n) is 8.51. The number of thiophene rings is 1. The van der Waals surface area contributed by atoms with Crippen molar-refractivity contribution in [3.05, 3.63) is 46.2 Å². The third kappa shape index (κ3) is 3.08. The lowest BCUT2D eigenvalue weighted by Gasteiger charge is -2.27. The molecule has 0 bridgehead atoms. The van der Waals surface area contributed by atoms with Gasteiger partial charge in [0.25, 0.3) is 5.91 Å². The number of amides is 2. The summed E-state index contributed by atoms with van der Waals surface area (Å²) in [5, 5.41) is 7.13. The van der Waals surface area contributed by atoms with Crippen molar-refractivity contribution < 1.29 is 18.7 Å². The van der Waals surface area contributed by atoms with Gasteiger partial charge < -0.3 is 24.7 Å². The molecule has 8 heteroatoms. The number of fused-ring (bicyclic) bond motifs is 3. The molecule has 0 radical (unpaired) electrons. The van der Waals surface area contributed by atoms with Crippen molar-refractivity contribution in [1.29, 1.82) is 0 Å². The minimum absolute atomic E-state index is 0.0880. The number of anilines is 1. The Morgan fingerprint density at radius 2 is 2.38 bits per heavy atom. The SMILES string of the molecule is CCOC(=O)N1CCc2c(sc3c2C(=O)N[C@H](/C=C/c2ccco2)N3)C1. The number of furan rings is 1. The zero-order valence-corrected chi connectivity index (χ0v) is 15.1. The van der Waals surface area contributed by atoms with E-state index in [1.807, 2.05) is 24.3 Å². The normalized spacial score (nSPS) is 18.9. The van der Waals surface area contributed by atoms with Gasteiger partial charge in [-0.15, -0.1) is 11.3 Å². The van der Waals surface area contributed by atoms with Gasteiger partial charge in [0.05, 0.1) is 25.0 Å². The largest absolute Gasteiger partial charge is 0.465 e. The van der Waals surface area contributed by atoms with Crippen molar-refractivity contribution in [2.75, 3.05) is 18.5 Å². The number of nitrogens with one attached hydrogen (secondary N) is 2. The van der Waals surface area contributed by atoms with Crippen molar-refractivity contribution in [3.8, 4) is 0 Å². The third-order valence-corrected chi connectivity index (χ3v) is 5.53. The molecule has 0 saturated heterocycles. The molecule has 4 rings (SSSR count). The van der Waals surface area contributed by atoms with Crippen molar-refractivity contribution in [3.63, 3.8) is 0 Å². The van der Waals surface area contributed by atoms with Crippen LogP contribution in [0.15, 0.2) is 28.9 Å². The first kappa shape index (κ1) is 16.7. The van der Waals surface area contributed by atoms with Crippen LogP contribution in [0.5, 0.6) is 0 Å². The number of rotatable bonds is 3. The molecular formula is C18H19N3O4S. The molecule has 0 spiro atoms. The van der Waals surface area contributed by atoms with Crippen LogP contribution in [-0.2, 0) is 17.7 Å². The van der Waals surface area contributed by atoms with E-state index < -0.39 is 0 Å². The Kier molecular flexibility index (Phi) is 4.42. The third-order valence-electron chi connectivity index (χ3n) is 4.38. The second kappa shape index (κ2) is 6.87. The summed E-state index contributed by atoms with van der Waals surface area (Å²) in [6, 6.07) is 3.66. The van der Waals surface area contributed by atoms with Crippen LogP contribution in [0, 0.1) is 0 Å². The second-order valence-electron chi connectivity index (χ2n) is 6.05. The molecule has 0 saturated carbocycles. The van der Waals surface area contributed by atoms with Crippen molar-refractivity contribution >= 4 is 34.4 Å². The van der Waals surface area contributed by atoms with E-state index in [9.17, 15) is 9.59 Å². The average molecular weight is 373 g/mol. The molecule has 2 aromatic rings. The molecule has 2 amide bonds. The smallest absolute Gasteiger partial charge is 0.410 e. The van der Waals surface area contributed by atoms with Crippen molar-refractivity contribution in [2.45, 2.75) is 26.1 Å². The Hall–Kier alpha value is -2.74. The molecule has 1 atom stereocenters. The number of hydrogen-bond donors (Lipinski definition) is 2. The maximum atomic E-state index is 12.6. The van der Waals surface area contributed by atoms with Gasteiger partial charge in [0.15, 0.2) is 0 Å². The molecule has 2 aliphatic heterocycles. The molecule has 7 nitrogen and oxygen atoms in total. The fourth-order valence-corrected chi connectivity index (χ4v) is 4.48. The van der Waals surface area contributed by atoms with E-state index in [4.69, 9.17) is 9.15 Å². The molecule has 0 aliphatic carbocycles. The predicted octanol–water partition coefficient (Wildman–Crippen LogP) is 3.05. The first-order chi connectivity index (χ1) is 12.7. The van der Waals surface area contributed by atoms with Crippen LogP contribution >= 0.6 is 11.3 Å². The van der Waals surface area contributed by atoms with Crippen LogP contribution in [0.1, 0.15) is 33.5 Å². The standard InChI is InChI=1S/C18H19N3O4S/c1-2-24-18(23)21-8-7-12-13(10-21)26-17-15(12)16(22)19-14(20-17)6-5-11-4-3-9-25-11/h3-6,9,14,20H,2,7-8,10H2,1H3,(H,19,22)/b6-5+/t14-/m0/s1. The van der Waals surface area contributed by atoms with Crippen LogP contribution < -0.4 is 10.6 Å². The van der Waals surface area contributed by atoms with Crippen LogP contribution in [-0.4, -0.2) is 36.2 Å². The fraction of sp³-hybridized carbons (Fsp3) is 0.333. The van der Waals surface area contributed by atoms with Crippen molar-refractivity contribution in [1.82, 2.24) is 10.2 Å². The highest BCUT2D eigenvalue weighted by atomic mass is 32.1. The Labute approximate surface area is 154 Å². The van der Waals surface area contributed by atoms with E-state index in [2.05, 4.69) is 10.6 Å². The van der Waals surface area contributed by atoms with Gasteiger partial charge in [0.2, 0.25) is 0 Å². The summed E-state index contributed by atoms with van der Waals surface area (Å²) in [4.78, 5) is 27.3. The molecule has 0 fully saturated rings. The summed E-state index contributed by atoms with van der Waals surface area (Å²) in [6.45, 7) is 3.19. The van der Waals surface area contributed by atoms with Gasteiger partial charge in [0.1, 0.15) is 16.9 Å². The van der Waals surface area contributed by atoms with Crippen LogP contribution in [0.25, 0.3) is 6.08 Å². The molecule has 2 N–H and O–H groups in total. The van der Waals surface area contributed by atoms with E-state index in [1.54, 1.807) is 18.1 Å². The zero-order chi connectivity index (χ0) is 18.1. The maximum absolute atomic E-state index is 12.6. The van der Waals surface area contributed by atoms with Gasteiger partial charge >= 0.3 is 6.09 Å². The molecule has 2 aromatic heterocycles. The number of carbonyl (C=O) groups is 2. The van der Waals surface area contributed by atoms with Gasteiger partial charge in [-0.2, -0.15) is 0 Å². The topological polar surface area (TPSA) is 83.8 Å². The van der Waals surface area contributed by atoms with E-state index in [-0.39, 0.29) is 18.2 Å². The molecule has 2 aliphatic rings. The maximum Gasteiger partial charge on any atom is 0.410 e. The number of ether oxygens (including phenoxy) is 1. The minimum atomic E-state index is -0.304. The average Bonchev–Trinajstić information content (AvgIpc) is 3.26. The molecular weight excluding hydrogens is 354 g/mol. The van der Waals surface area contributed by atoms with Crippen LogP contribution in [0.4, 0.5) is 9.80 Å². The lowest BCUT2D eigenvalue weighted by molar-refractivity contribution is 0.0941. The number of carbonyl (C=O) groups excluding carboxylic acids is 2. The van der Waals surface area contributed by atoms with Gasteiger partial charge in [-0.05, 0) is 43.2 Å². The monoisotopic (exact) mass is 373 g/mol. The summed E-state index contributed by atoms with van der Waals surface area (Å²) in [5.41, 5.74) is 1.74. The van der Waals surface area contributed by atoms with E-state index in [0.29, 0.717) is 31.7 Å². The predicted molar refractivity (Wildman–Crippen MR) is 98.1 cm³/mol. The lowest BCUT2D eigenvalue weighted by atomic mass is 10.0. The Morgan fingerprint density at radius 1 is 1.50 bits per heavy atom. The van der Waals surface area contributed by atoms with Crippen LogP contribution in [0.3, 0.4) is 0 Å². The van der Waals surface area contributed by atoms with Gasteiger partial charge in [-0.3, -0.25) is 4.79 Å². The number of hydrogen-bond acceptors (Lipinski definition) is 6. The molecule has 26 heavy (non-hydrogen) atoms. The highest BCUT2D eigenvalue weighted by Crippen LogP contribution is 2.39. The second-order valence-corrected chi connectivity index (χ2v) is 7.15. The first-order valence-corrected chi connectivity index (χ1v) is 9.32. The van der Waals surface area contributed by atoms with E-state index in [0.717, 1.165) is 21.2 Å². The molecule has 136 valence electrons. The minimum Gasteiger partial charge on any atom is -0.465 e. The zero-order valence-electron chi connectivity index (χ0n) is 14.3. The summed E-state index contributed by atoms with van der Waals surface area (Å²) >= 11 is 1.53. The lowest BCUT2D eigenvalue weighted by Crippen LogP contribution is -2.43. The summed E-state index contributed by atoms with van der Waals surface area (Å²) < 4.78 is 10.3. The van der Waals surface area contributed by atoms with Gasteiger partial charge in [-0.25, -0.2) is 4.79 Å². The summed E-state index contributed by atoms with van der Waals surface area (Å²) in [6.07, 6.45) is 5.32. The van der Waals surface area contributed by atoms with E-state index in [1.165, 1.54) is 11.3 Å². The molecule has 4 heterocycles. The summed E-state index contributed by atoms with van der Waals surface area (Å²) in [5.74, 6) is 0.636. The van der Waals surface area contributed by atoms with Gasteiger partial charge in [0, 0.05) is 11.4 Å². The highest BCUT2D eigenvalue weighted by Gasteiger charge is 2.33. The fourth-order valence-electron chi connectivity index (χ4n) is 3.18. The van der Waals surface area contributed by atoms with Gasteiger partial charge in [-0.1, -0.05) is 0 Å². The molecule has 0 unspecified atom stereocenters. The number of nitrogens with zero attached hydrogens (tertiary/aromatic N) is 1. The Morgan fingerprint density at radius 3 is 3.15 bits per heavy atom. The Bertz CT molecular complexity index is 856. The highest BCUT2D eigenvalue weighted by molar-refractivity contribution is 7.16. The van der Waals surface area contributed by atoms with E-state index >= 15 is 0 Å². The molecule has 0 aromatic carbocycles. The Balaban J connectivity index is 1.53. The van der Waals surface area contributed by atoms with Crippen molar-refractivity contribution in [2.24, 2.45) is 0 Å².